The van der Waals surface area contributed by atoms with Crippen LogP contribution < -0.4 is 15.1 Å². The molecule has 2 aromatic rings. The molecule has 2 amide bonds. The van der Waals surface area contributed by atoms with Crippen molar-refractivity contribution in [3.05, 3.63) is 54.2 Å². The van der Waals surface area contributed by atoms with Crippen LogP contribution in [-0.4, -0.2) is 43.4 Å². The molecule has 1 unspecified atom stereocenters. The number of nitrogens with one attached hydrogen (secondary N) is 1. The second-order valence-electron chi connectivity index (χ2n) is 6.73. The zero-order chi connectivity index (χ0) is 17.8. The Morgan fingerprint density at radius 1 is 1.19 bits per heavy atom. The molecule has 0 radical (unpaired) electrons. The van der Waals surface area contributed by atoms with Crippen molar-refractivity contribution in [2.24, 2.45) is 0 Å². The molecule has 2 aliphatic heterocycles. The number of anilines is 2. The minimum absolute atomic E-state index is 0.0749. The van der Waals surface area contributed by atoms with Gasteiger partial charge in [0.1, 0.15) is 0 Å². The number of amides is 2. The number of carbonyl (C=O) groups excluding carboxylic acids is 1. The number of hydrogen-bond donors (Lipinski definition) is 1. The number of rotatable bonds is 4. The molecule has 1 fully saturated rings. The number of hydrogen-bond acceptors (Lipinski definition) is 4. The molecule has 0 bridgehead atoms. The van der Waals surface area contributed by atoms with E-state index in [2.05, 4.69) is 27.3 Å². The van der Waals surface area contributed by atoms with Gasteiger partial charge >= 0.3 is 6.03 Å². The van der Waals surface area contributed by atoms with Gasteiger partial charge in [-0.15, -0.1) is 0 Å². The summed E-state index contributed by atoms with van der Waals surface area (Å²) in [6.07, 6.45) is 4.02. The Balaban J connectivity index is 1.47. The number of ether oxygens (including phenoxy) is 1. The molecule has 0 saturated carbocycles. The maximum atomic E-state index is 12.7. The molecule has 6 nitrogen and oxygen atoms in total. The zero-order valence-electron chi connectivity index (χ0n) is 14.8. The third kappa shape index (κ3) is 3.65. The van der Waals surface area contributed by atoms with E-state index < -0.39 is 0 Å². The van der Waals surface area contributed by atoms with Gasteiger partial charge in [-0.05, 0) is 30.5 Å². The second-order valence-corrected chi connectivity index (χ2v) is 6.73. The lowest BCUT2D eigenvalue weighted by Gasteiger charge is -2.36. The first kappa shape index (κ1) is 16.8. The lowest BCUT2D eigenvalue weighted by atomic mass is 10.2. The molecule has 136 valence electrons. The summed E-state index contributed by atoms with van der Waals surface area (Å²) >= 11 is 0. The topological polar surface area (TPSA) is 57.7 Å². The average molecular weight is 352 g/mol. The fraction of sp³-hybridized carbons (Fsp3) is 0.400. The van der Waals surface area contributed by atoms with Crippen molar-refractivity contribution in [3.63, 3.8) is 0 Å². The summed E-state index contributed by atoms with van der Waals surface area (Å²) in [5.41, 5.74) is 2.10. The van der Waals surface area contributed by atoms with Crippen molar-refractivity contribution in [2.45, 2.75) is 25.5 Å². The molecule has 3 heterocycles. The highest BCUT2D eigenvalue weighted by molar-refractivity contribution is 5.96. The van der Waals surface area contributed by atoms with E-state index in [-0.39, 0.29) is 12.1 Å². The minimum atomic E-state index is -0.0749. The molecule has 2 aliphatic rings. The molecule has 1 N–H and O–H groups in total. The van der Waals surface area contributed by atoms with Crippen LogP contribution >= 0.6 is 0 Å². The Hall–Kier alpha value is -2.60. The molecule has 1 aromatic heterocycles. The van der Waals surface area contributed by atoms with Crippen molar-refractivity contribution in [2.75, 3.05) is 36.0 Å². The van der Waals surface area contributed by atoms with E-state index in [9.17, 15) is 4.79 Å². The van der Waals surface area contributed by atoms with Gasteiger partial charge in [-0.25, -0.2) is 9.78 Å². The molecule has 6 heteroatoms. The van der Waals surface area contributed by atoms with Crippen LogP contribution in [0.4, 0.5) is 16.3 Å². The van der Waals surface area contributed by atoms with Crippen LogP contribution in [0.15, 0.2) is 48.7 Å². The normalized spacial score (nSPS) is 19.3. The van der Waals surface area contributed by atoms with Crippen LogP contribution in [0.25, 0.3) is 0 Å². The summed E-state index contributed by atoms with van der Waals surface area (Å²) in [5, 5.41) is 3.02. The van der Waals surface area contributed by atoms with Crippen LogP contribution in [0.5, 0.6) is 0 Å². The quantitative estimate of drug-likeness (QED) is 0.919. The monoisotopic (exact) mass is 352 g/mol. The van der Waals surface area contributed by atoms with E-state index in [1.807, 2.05) is 30.3 Å². The fourth-order valence-electron chi connectivity index (χ4n) is 3.56. The molecule has 4 rings (SSSR count). The maximum Gasteiger partial charge on any atom is 0.322 e. The minimum Gasteiger partial charge on any atom is -0.376 e. The van der Waals surface area contributed by atoms with Gasteiger partial charge in [-0.3, -0.25) is 4.90 Å². The molecule has 1 aromatic carbocycles. The molecular formula is C20H24N4O2. The van der Waals surface area contributed by atoms with Gasteiger partial charge in [-0.1, -0.05) is 30.3 Å². The van der Waals surface area contributed by atoms with Crippen LogP contribution in [0, 0.1) is 0 Å². The van der Waals surface area contributed by atoms with E-state index in [0.717, 1.165) is 44.0 Å². The number of nitrogens with zero attached hydrogens (tertiary/aromatic N) is 3. The highest BCUT2D eigenvalue weighted by Crippen LogP contribution is 2.31. The molecule has 0 aliphatic carbocycles. The van der Waals surface area contributed by atoms with E-state index in [4.69, 9.17) is 4.74 Å². The number of urea groups is 1. The highest BCUT2D eigenvalue weighted by Gasteiger charge is 2.28. The van der Waals surface area contributed by atoms with E-state index in [1.54, 1.807) is 11.1 Å². The average Bonchev–Trinajstić information content (AvgIpc) is 3.21. The summed E-state index contributed by atoms with van der Waals surface area (Å²) < 4.78 is 5.59. The smallest absolute Gasteiger partial charge is 0.322 e. The van der Waals surface area contributed by atoms with E-state index >= 15 is 0 Å². The molecule has 26 heavy (non-hydrogen) atoms. The summed E-state index contributed by atoms with van der Waals surface area (Å²) in [4.78, 5) is 21.3. The van der Waals surface area contributed by atoms with Crippen molar-refractivity contribution in [1.29, 1.82) is 0 Å². The summed E-state index contributed by atoms with van der Waals surface area (Å²) in [6.45, 7) is 3.55. The first-order chi connectivity index (χ1) is 12.8. The van der Waals surface area contributed by atoms with Gasteiger partial charge in [0, 0.05) is 39.0 Å². The predicted molar refractivity (Wildman–Crippen MR) is 101 cm³/mol. The van der Waals surface area contributed by atoms with Crippen molar-refractivity contribution >= 4 is 17.5 Å². The van der Waals surface area contributed by atoms with E-state index in [1.165, 1.54) is 5.56 Å². The first-order valence-corrected chi connectivity index (χ1v) is 9.22. The fourth-order valence-corrected chi connectivity index (χ4v) is 3.56. The first-order valence-electron chi connectivity index (χ1n) is 9.22. The van der Waals surface area contributed by atoms with E-state index in [0.29, 0.717) is 13.1 Å². The third-order valence-corrected chi connectivity index (χ3v) is 4.92. The van der Waals surface area contributed by atoms with Gasteiger partial charge in [0.15, 0.2) is 5.82 Å². The Morgan fingerprint density at radius 3 is 2.88 bits per heavy atom. The van der Waals surface area contributed by atoms with Gasteiger partial charge in [-0.2, -0.15) is 0 Å². The lowest BCUT2D eigenvalue weighted by molar-refractivity contribution is 0.111. The number of aromatic nitrogens is 1. The third-order valence-electron chi connectivity index (χ3n) is 4.92. The second kappa shape index (κ2) is 7.74. The van der Waals surface area contributed by atoms with Gasteiger partial charge in [0.05, 0.1) is 11.8 Å². The van der Waals surface area contributed by atoms with Crippen molar-refractivity contribution < 1.29 is 9.53 Å². The van der Waals surface area contributed by atoms with Crippen LogP contribution in [0.3, 0.4) is 0 Å². The number of fused-ring (bicyclic) bond motifs is 1. The molecule has 1 atom stereocenters. The maximum absolute atomic E-state index is 12.7. The molecular weight excluding hydrogens is 328 g/mol. The summed E-state index contributed by atoms with van der Waals surface area (Å²) in [6, 6.07) is 14.1. The zero-order valence-corrected chi connectivity index (χ0v) is 14.8. The Labute approximate surface area is 153 Å². The van der Waals surface area contributed by atoms with Gasteiger partial charge < -0.3 is 15.0 Å². The molecule has 1 saturated heterocycles. The Kier molecular flexibility index (Phi) is 5.02. The highest BCUT2D eigenvalue weighted by atomic mass is 16.5. The summed E-state index contributed by atoms with van der Waals surface area (Å²) in [5.74, 6) is 0.856. The largest absolute Gasteiger partial charge is 0.376 e. The van der Waals surface area contributed by atoms with Gasteiger partial charge in [0.25, 0.3) is 0 Å². The molecule has 0 spiro atoms. The lowest BCUT2D eigenvalue weighted by Crippen LogP contribution is -2.49. The number of pyridine rings is 1. The van der Waals surface area contributed by atoms with Crippen LogP contribution in [0.1, 0.15) is 18.4 Å². The van der Waals surface area contributed by atoms with Crippen molar-refractivity contribution in [3.8, 4) is 0 Å². The number of carbonyl (C=O) groups is 1. The van der Waals surface area contributed by atoms with Crippen molar-refractivity contribution in [1.82, 2.24) is 10.3 Å². The SMILES string of the molecule is O=C(NCC1CCCO1)N1CCN(Cc2ccccc2)c2ncccc21. The Bertz CT molecular complexity index is 746. The van der Waals surface area contributed by atoms with Crippen LogP contribution in [0.2, 0.25) is 0 Å². The standard InChI is InChI=1S/C20H24N4O2/c25-20(22-14-17-8-5-13-26-17)24-12-11-23(15-16-6-2-1-3-7-16)19-18(24)9-4-10-21-19/h1-4,6-7,9-10,17H,5,8,11-15H2,(H,22,25). The van der Waals surface area contributed by atoms with Gasteiger partial charge in [0.2, 0.25) is 0 Å². The van der Waals surface area contributed by atoms with Crippen LogP contribution in [-0.2, 0) is 11.3 Å². The Morgan fingerprint density at radius 2 is 2.08 bits per heavy atom. The predicted octanol–water partition coefficient (Wildman–Crippen LogP) is 2.80. The number of benzene rings is 1. The summed E-state index contributed by atoms with van der Waals surface area (Å²) in [7, 11) is 0.